The van der Waals surface area contributed by atoms with Crippen molar-refractivity contribution in [3.8, 4) is 0 Å². The first-order chi connectivity index (χ1) is 15.0. The second kappa shape index (κ2) is 22.0. The summed E-state index contributed by atoms with van der Waals surface area (Å²) >= 11 is 0. The smallest absolute Gasteiger partial charge is 0.246 e. The number of hydrogen-bond donors (Lipinski definition) is 4. The van der Waals surface area contributed by atoms with E-state index >= 15 is 0 Å². The Labute approximate surface area is 187 Å². The molecule has 31 heavy (non-hydrogen) atoms. The highest BCUT2D eigenvalue weighted by Crippen LogP contribution is 2.02. The van der Waals surface area contributed by atoms with Crippen LogP contribution in [0.5, 0.6) is 0 Å². The van der Waals surface area contributed by atoms with E-state index in [4.69, 9.17) is 24.7 Å². The van der Waals surface area contributed by atoms with Gasteiger partial charge in [-0.15, -0.1) is 0 Å². The number of likely N-dealkylation sites (N-methyl/N-ethyl adjacent to an activating group) is 1. The second-order valence-electron chi connectivity index (χ2n) is 6.64. The lowest BCUT2D eigenvalue weighted by Gasteiger charge is -2.09. The number of carbonyl (C=O) groups excluding carboxylic acids is 3. The number of amides is 2. The minimum absolute atomic E-state index is 0.0176. The fourth-order valence-electron chi connectivity index (χ4n) is 2.17. The average Bonchev–Trinajstić information content (AvgIpc) is 2.74. The van der Waals surface area contributed by atoms with Crippen molar-refractivity contribution < 1.29 is 33.3 Å². The Morgan fingerprint density at radius 1 is 0.774 bits per heavy atom. The SMILES string of the molecule is CNCCOCCOCC(=O)NCCOCCOCC(=O)NCCCCC(N)C(=O)P. The third-order valence-corrected chi connectivity index (χ3v) is 4.33. The Morgan fingerprint density at radius 3 is 1.84 bits per heavy atom. The summed E-state index contributed by atoms with van der Waals surface area (Å²) < 4.78 is 21.0. The number of hydrogen-bond acceptors (Lipinski definition) is 9. The molecule has 0 aromatic carbocycles. The highest BCUT2D eigenvalue weighted by Gasteiger charge is 2.07. The van der Waals surface area contributed by atoms with E-state index in [0.29, 0.717) is 52.5 Å². The molecule has 0 rings (SSSR count). The van der Waals surface area contributed by atoms with Crippen LogP contribution in [0.1, 0.15) is 19.3 Å². The molecule has 2 unspecified atom stereocenters. The maximum absolute atomic E-state index is 11.6. The first-order valence-corrected chi connectivity index (χ1v) is 11.1. The van der Waals surface area contributed by atoms with E-state index in [1.165, 1.54) is 0 Å². The van der Waals surface area contributed by atoms with Crippen molar-refractivity contribution in [2.24, 2.45) is 5.73 Å². The van der Waals surface area contributed by atoms with E-state index in [0.717, 1.165) is 19.4 Å². The van der Waals surface area contributed by atoms with Crippen molar-refractivity contribution in [2.75, 3.05) is 79.5 Å². The molecule has 0 aliphatic carbocycles. The predicted molar refractivity (Wildman–Crippen MR) is 120 cm³/mol. The Morgan fingerprint density at radius 2 is 1.29 bits per heavy atom. The summed E-state index contributed by atoms with van der Waals surface area (Å²) in [7, 11) is 3.92. The van der Waals surface area contributed by atoms with Crippen LogP contribution in [0.4, 0.5) is 0 Å². The first-order valence-electron chi connectivity index (χ1n) is 10.5. The van der Waals surface area contributed by atoms with Gasteiger partial charge >= 0.3 is 0 Å². The van der Waals surface area contributed by atoms with Gasteiger partial charge in [-0.25, -0.2) is 0 Å². The lowest BCUT2D eigenvalue weighted by molar-refractivity contribution is -0.127. The van der Waals surface area contributed by atoms with Crippen molar-refractivity contribution in [3.05, 3.63) is 0 Å². The number of nitrogens with one attached hydrogen (secondary N) is 3. The molecule has 5 N–H and O–H groups in total. The van der Waals surface area contributed by atoms with Crippen molar-refractivity contribution in [1.29, 1.82) is 0 Å². The quantitative estimate of drug-likeness (QED) is 0.109. The highest BCUT2D eigenvalue weighted by atomic mass is 31.0. The number of carbonyl (C=O) groups is 3. The molecule has 11 nitrogen and oxygen atoms in total. The molecule has 0 aliphatic heterocycles. The van der Waals surface area contributed by atoms with E-state index in [2.05, 4.69) is 25.2 Å². The molecule has 0 aliphatic rings. The standard InChI is InChI=1S/C19H39N4O7P/c1-21-6-8-27-10-12-30-15-18(25)23-7-9-28-11-13-29-14-17(24)22-5-3-2-4-16(20)19(26)31/h16,21H,2-15,20,31H2,1H3,(H,22,24)(H,23,25). The number of nitrogens with two attached hydrogens (primary N) is 1. The molecular formula is C19H39N4O7P. The monoisotopic (exact) mass is 466 g/mol. The predicted octanol–water partition coefficient (Wildman–Crippen LogP) is -1.60. The molecule has 0 bridgehead atoms. The van der Waals surface area contributed by atoms with Crippen LogP contribution in [0.3, 0.4) is 0 Å². The largest absolute Gasteiger partial charge is 0.378 e. The normalized spacial score (nSPS) is 11.8. The van der Waals surface area contributed by atoms with Crippen LogP contribution >= 0.6 is 9.24 Å². The molecule has 0 radical (unpaired) electrons. The highest BCUT2D eigenvalue weighted by molar-refractivity contribution is 7.40. The number of ether oxygens (including phenoxy) is 4. The average molecular weight is 467 g/mol. The molecule has 2 amide bonds. The molecule has 12 heteroatoms. The van der Waals surface area contributed by atoms with Gasteiger partial charge < -0.3 is 40.6 Å². The Balaban J connectivity index is 3.33. The molecule has 0 aromatic heterocycles. The summed E-state index contributed by atoms with van der Waals surface area (Å²) in [5.41, 5.74) is 5.51. The summed E-state index contributed by atoms with van der Waals surface area (Å²) in [5.74, 6) is -0.417. The summed E-state index contributed by atoms with van der Waals surface area (Å²) in [6.45, 7) is 3.97. The van der Waals surface area contributed by atoms with Crippen LogP contribution in [-0.4, -0.2) is 103 Å². The Bertz CT molecular complexity index is 486. The van der Waals surface area contributed by atoms with Crippen molar-refractivity contribution in [2.45, 2.75) is 25.3 Å². The van der Waals surface area contributed by atoms with Gasteiger partial charge in [-0.1, -0.05) is 9.24 Å². The van der Waals surface area contributed by atoms with E-state index in [1.54, 1.807) is 0 Å². The van der Waals surface area contributed by atoms with Crippen LogP contribution in [0, 0.1) is 0 Å². The van der Waals surface area contributed by atoms with Gasteiger partial charge in [0.15, 0.2) is 5.52 Å². The summed E-state index contributed by atoms with van der Waals surface area (Å²) in [4.78, 5) is 34.1. The van der Waals surface area contributed by atoms with Crippen molar-refractivity contribution >= 4 is 26.6 Å². The summed E-state index contributed by atoms with van der Waals surface area (Å²) in [6, 6.07) is -0.455. The van der Waals surface area contributed by atoms with Gasteiger partial charge in [0.05, 0.1) is 45.7 Å². The molecule has 0 heterocycles. The van der Waals surface area contributed by atoms with Crippen LogP contribution < -0.4 is 21.7 Å². The third-order valence-electron chi connectivity index (χ3n) is 3.90. The molecule has 0 fully saturated rings. The lowest BCUT2D eigenvalue weighted by Crippen LogP contribution is -2.31. The summed E-state index contributed by atoms with van der Waals surface area (Å²) in [6.07, 6.45) is 2.12. The van der Waals surface area contributed by atoms with Gasteiger partial charge in [-0.3, -0.25) is 14.4 Å². The van der Waals surface area contributed by atoms with E-state index in [9.17, 15) is 14.4 Å². The van der Waals surface area contributed by atoms with Gasteiger partial charge in [0.25, 0.3) is 0 Å². The molecular weight excluding hydrogens is 427 g/mol. The molecule has 2 atom stereocenters. The number of rotatable bonds is 22. The molecule has 0 saturated heterocycles. The van der Waals surface area contributed by atoms with Gasteiger partial charge in [0.2, 0.25) is 11.8 Å². The minimum Gasteiger partial charge on any atom is -0.378 e. The molecule has 182 valence electrons. The zero-order chi connectivity index (χ0) is 23.2. The molecule has 0 spiro atoms. The maximum Gasteiger partial charge on any atom is 0.246 e. The minimum atomic E-state index is -0.455. The van der Waals surface area contributed by atoms with Crippen molar-refractivity contribution in [3.63, 3.8) is 0 Å². The zero-order valence-electron chi connectivity index (χ0n) is 18.5. The topological polar surface area (TPSA) is 150 Å². The van der Waals surface area contributed by atoms with Crippen LogP contribution in [0.2, 0.25) is 0 Å². The maximum atomic E-state index is 11.6. The van der Waals surface area contributed by atoms with Crippen molar-refractivity contribution in [1.82, 2.24) is 16.0 Å². The fraction of sp³-hybridized carbons (Fsp3) is 0.842. The van der Waals surface area contributed by atoms with E-state index in [1.807, 2.05) is 7.05 Å². The molecule has 0 aromatic rings. The fourth-order valence-corrected chi connectivity index (χ4v) is 2.33. The van der Waals surface area contributed by atoms with Gasteiger partial charge in [-0.2, -0.15) is 0 Å². The third kappa shape index (κ3) is 21.8. The van der Waals surface area contributed by atoms with Gasteiger partial charge in [0.1, 0.15) is 13.2 Å². The number of unbranched alkanes of at least 4 members (excludes halogenated alkanes) is 1. The zero-order valence-corrected chi connectivity index (χ0v) is 19.6. The summed E-state index contributed by atoms with van der Waals surface area (Å²) in [5, 5.41) is 8.38. The lowest BCUT2D eigenvalue weighted by atomic mass is 10.1. The Hall–Kier alpha value is -1.20. The Kier molecular flexibility index (Phi) is 21.2. The van der Waals surface area contributed by atoms with Crippen LogP contribution in [0.15, 0.2) is 0 Å². The van der Waals surface area contributed by atoms with Gasteiger partial charge in [0, 0.05) is 19.6 Å². The van der Waals surface area contributed by atoms with E-state index < -0.39 is 6.04 Å². The molecule has 0 saturated carbocycles. The van der Waals surface area contributed by atoms with Crippen LogP contribution in [-0.2, 0) is 33.3 Å². The van der Waals surface area contributed by atoms with Crippen LogP contribution in [0.25, 0.3) is 0 Å². The first kappa shape index (κ1) is 29.8. The van der Waals surface area contributed by atoms with E-state index in [-0.39, 0.29) is 37.2 Å². The second-order valence-corrected chi connectivity index (χ2v) is 7.21. The van der Waals surface area contributed by atoms with Gasteiger partial charge in [-0.05, 0) is 26.3 Å².